The van der Waals surface area contributed by atoms with Crippen molar-refractivity contribution in [3.05, 3.63) is 12.2 Å². The van der Waals surface area contributed by atoms with Gasteiger partial charge in [-0.3, -0.25) is 4.79 Å². The summed E-state index contributed by atoms with van der Waals surface area (Å²) in [6, 6.07) is 0. The number of unbranched alkanes of at least 4 members (excludes halogenated alkanes) is 13. The number of aliphatic hydroxyl groups is 1. The standard InChI is InChI=1S/C24H46O3/c1-2-3-4-5-6-7-8-9-10-11-12-14-17-20-23(25)21-18-15-13-16-19-22-24(26)27/h5-6,23,25H,2-4,7-22H2,1H3,(H,26,27)/b6-5-. The number of rotatable bonds is 21. The third kappa shape index (κ3) is 23.1. The molecule has 0 fully saturated rings. The molecule has 0 aliphatic heterocycles. The molecular weight excluding hydrogens is 336 g/mol. The van der Waals surface area contributed by atoms with Crippen LogP contribution in [0.2, 0.25) is 0 Å². The molecule has 1 unspecified atom stereocenters. The average Bonchev–Trinajstić information content (AvgIpc) is 2.64. The van der Waals surface area contributed by atoms with Crippen molar-refractivity contribution >= 4 is 5.97 Å². The van der Waals surface area contributed by atoms with Crippen LogP contribution in [0.3, 0.4) is 0 Å². The van der Waals surface area contributed by atoms with Gasteiger partial charge >= 0.3 is 5.97 Å². The van der Waals surface area contributed by atoms with Gasteiger partial charge in [0.2, 0.25) is 0 Å². The van der Waals surface area contributed by atoms with Gasteiger partial charge in [0.1, 0.15) is 0 Å². The Labute approximate surface area is 168 Å². The minimum atomic E-state index is -0.694. The first kappa shape index (κ1) is 26.2. The van der Waals surface area contributed by atoms with Gasteiger partial charge in [0.25, 0.3) is 0 Å². The molecule has 0 rings (SSSR count). The van der Waals surface area contributed by atoms with Crippen LogP contribution in [0, 0.1) is 0 Å². The van der Waals surface area contributed by atoms with E-state index in [2.05, 4.69) is 19.1 Å². The van der Waals surface area contributed by atoms with Crippen molar-refractivity contribution in [1.82, 2.24) is 0 Å². The van der Waals surface area contributed by atoms with Crippen LogP contribution in [0.5, 0.6) is 0 Å². The fourth-order valence-corrected chi connectivity index (χ4v) is 3.41. The first-order valence-corrected chi connectivity index (χ1v) is 11.7. The molecular formula is C24H46O3. The highest BCUT2D eigenvalue weighted by atomic mass is 16.4. The lowest BCUT2D eigenvalue weighted by molar-refractivity contribution is -0.137. The Morgan fingerprint density at radius 2 is 1.15 bits per heavy atom. The van der Waals surface area contributed by atoms with E-state index in [0.717, 1.165) is 51.4 Å². The Morgan fingerprint density at radius 1 is 0.704 bits per heavy atom. The number of aliphatic carboxylic acids is 1. The number of carboxylic acids is 1. The Hall–Kier alpha value is -0.830. The molecule has 3 nitrogen and oxygen atoms in total. The Balaban J connectivity index is 3.19. The van der Waals surface area contributed by atoms with Gasteiger partial charge in [0, 0.05) is 6.42 Å². The highest BCUT2D eigenvalue weighted by Crippen LogP contribution is 2.14. The zero-order chi connectivity index (χ0) is 20.0. The largest absolute Gasteiger partial charge is 0.481 e. The first-order chi connectivity index (χ1) is 13.2. The first-order valence-electron chi connectivity index (χ1n) is 11.7. The number of hydrogen-bond donors (Lipinski definition) is 2. The van der Waals surface area contributed by atoms with E-state index in [1.807, 2.05) is 0 Å². The number of carboxylic acid groups (broad SMARTS) is 1. The second kappa shape index (κ2) is 21.5. The minimum Gasteiger partial charge on any atom is -0.481 e. The maximum atomic E-state index is 10.4. The molecule has 0 aromatic rings. The lowest BCUT2D eigenvalue weighted by atomic mass is 10.0. The second-order valence-electron chi connectivity index (χ2n) is 8.02. The number of aliphatic hydroxyl groups excluding tert-OH is 1. The fraction of sp³-hybridized carbons (Fsp3) is 0.875. The number of allylic oxidation sites excluding steroid dienone is 2. The van der Waals surface area contributed by atoms with E-state index in [0.29, 0.717) is 6.42 Å². The predicted molar refractivity (Wildman–Crippen MR) is 116 cm³/mol. The van der Waals surface area contributed by atoms with Gasteiger partial charge in [-0.25, -0.2) is 0 Å². The van der Waals surface area contributed by atoms with E-state index >= 15 is 0 Å². The number of carbonyl (C=O) groups is 1. The number of hydrogen-bond acceptors (Lipinski definition) is 2. The minimum absolute atomic E-state index is 0.136. The molecule has 160 valence electrons. The molecule has 2 N–H and O–H groups in total. The summed E-state index contributed by atoms with van der Waals surface area (Å²) in [5, 5.41) is 18.6. The van der Waals surface area contributed by atoms with Crippen molar-refractivity contribution in [2.75, 3.05) is 0 Å². The van der Waals surface area contributed by atoms with Gasteiger partial charge in [-0.15, -0.1) is 0 Å². The van der Waals surface area contributed by atoms with Gasteiger partial charge in [0.05, 0.1) is 6.10 Å². The second-order valence-corrected chi connectivity index (χ2v) is 8.02. The molecule has 0 spiro atoms. The zero-order valence-electron chi connectivity index (χ0n) is 18.0. The van der Waals surface area contributed by atoms with E-state index in [4.69, 9.17) is 5.11 Å². The molecule has 0 radical (unpaired) electrons. The molecule has 0 aromatic carbocycles. The molecule has 0 heterocycles. The van der Waals surface area contributed by atoms with Crippen molar-refractivity contribution < 1.29 is 15.0 Å². The van der Waals surface area contributed by atoms with E-state index < -0.39 is 5.97 Å². The monoisotopic (exact) mass is 382 g/mol. The summed E-state index contributed by atoms with van der Waals surface area (Å²) in [5.41, 5.74) is 0. The van der Waals surface area contributed by atoms with Crippen LogP contribution in [0.1, 0.15) is 129 Å². The maximum Gasteiger partial charge on any atom is 0.303 e. The van der Waals surface area contributed by atoms with E-state index in [1.54, 1.807) is 0 Å². The molecule has 27 heavy (non-hydrogen) atoms. The van der Waals surface area contributed by atoms with Crippen LogP contribution in [0.4, 0.5) is 0 Å². The predicted octanol–water partition coefficient (Wildman–Crippen LogP) is 7.42. The Morgan fingerprint density at radius 3 is 1.67 bits per heavy atom. The van der Waals surface area contributed by atoms with Gasteiger partial charge in [-0.1, -0.05) is 96.1 Å². The normalized spacial score (nSPS) is 12.7. The third-order valence-corrected chi connectivity index (χ3v) is 5.23. The van der Waals surface area contributed by atoms with Gasteiger partial charge in [0.15, 0.2) is 0 Å². The van der Waals surface area contributed by atoms with Crippen LogP contribution in [0.25, 0.3) is 0 Å². The van der Waals surface area contributed by atoms with Crippen LogP contribution in [-0.2, 0) is 4.79 Å². The van der Waals surface area contributed by atoms with Crippen LogP contribution < -0.4 is 0 Å². The molecule has 1 atom stereocenters. The van der Waals surface area contributed by atoms with Crippen molar-refractivity contribution in [1.29, 1.82) is 0 Å². The fourth-order valence-electron chi connectivity index (χ4n) is 3.41. The lowest BCUT2D eigenvalue weighted by Gasteiger charge is -2.10. The molecule has 3 heteroatoms. The third-order valence-electron chi connectivity index (χ3n) is 5.23. The summed E-state index contributed by atoms with van der Waals surface area (Å²) in [5.74, 6) is -0.694. The summed E-state index contributed by atoms with van der Waals surface area (Å²) >= 11 is 0. The van der Waals surface area contributed by atoms with Gasteiger partial charge < -0.3 is 10.2 Å². The summed E-state index contributed by atoms with van der Waals surface area (Å²) in [6.45, 7) is 2.24. The summed E-state index contributed by atoms with van der Waals surface area (Å²) < 4.78 is 0. The Kier molecular flexibility index (Phi) is 20.8. The maximum absolute atomic E-state index is 10.4. The molecule has 0 aliphatic rings. The summed E-state index contributed by atoms with van der Waals surface area (Å²) in [4.78, 5) is 10.4. The molecule has 0 amide bonds. The summed E-state index contributed by atoms with van der Waals surface area (Å²) in [7, 11) is 0. The molecule has 0 aromatic heterocycles. The van der Waals surface area contributed by atoms with Crippen molar-refractivity contribution in [2.45, 2.75) is 135 Å². The average molecular weight is 383 g/mol. The van der Waals surface area contributed by atoms with Gasteiger partial charge in [-0.2, -0.15) is 0 Å². The van der Waals surface area contributed by atoms with Crippen LogP contribution in [-0.4, -0.2) is 22.3 Å². The van der Waals surface area contributed by atoms with E-state index in [9.17, 15) is 9.90 Å². The van der Waals surface area contributed by atoms with Crippen LogP contribution >= 0.6 is 0 Å². The molecule has 0 saturated heterocycles. The Bertz CT molecular complexity index is 339. The van der Waals surface area contributed by atoms with Crippen LogP contribution in [0.15, 0.2) is 12.2 Å². The van der Waals surface area contributed by atoms with Crippen molar-refractivity contribution in [3.8, 4) is 0 Å². The highest BCUT2D eigenvalue weighted by Gasteiger charge is 2.04. The quantitative estimate of drug-likeness (QED) is 0.160. The zero-order valence-corrected chi connectivity index (χ0v) is 18.0. The van der Waals surface area contributed by atoms with Crippen molar-refractivity contribution in [3.63, 3.8) is 0 Å². The smallest absolute Gasteiger partial charge is 0.303 e. The SMILES string of the molecule is CCCC/C=C\CCCCCCCCCC(O)CCCCCCCC(=O)O. The molecule has 0 bridgehead atoms. The molecule has 0 saturated carbocycles. The highest BCUT2D eigenvalue weighted by molar-refractivity contribution is 5.66. The van der Waals surface area contributed by atoms with Crippen molar-refractivity contribution in [2.24, 2.45) is 0 Å². The topological polar surface area (TPSA) is 57.5 Å². The van der Waals surface area contributed by atoms with Gasteiger partial charge in [-0.05, 0) is 38.5 Å². The van der Waals surface area contributed by atoms with E-state index in [1.165, 1.54) is 64.2 Å². The van der Waals surface area contributed by atoms with E-state index in [-0.39, 0.29) is 6.10 Å². The summed E-state index contributed by atoms with van der Waals surface area (Å²) in [6.07, 6.45) is 26.0. The lowest BCUT2D eigenvalue weighted by Crippen LogP contribution is -2.05. The molecule has 0 aliphatic carbocycles.